The van der Waals surface area contributed by atoms with Crippen molar-refractivity contribution in [2.24, 2.45) is 5.92 Å². The highest BCUT2D eigenvalue weighted by Crippen LogP contribution is 2.34. The average molecular weight is 218 g/mol. The molecule has 1 aromatic carbocycles. The number of hydrogen-bond donors (Lipinski definition) is 1. The van der Waals surface area contributed by atoms with Gasteiger partial charge >= 0.3 is 0 Å². The summed E-state index contributed by atoms with van der Waals surface area (Å²) in [6, 6.07) is 6.79. The van der Waals surface area contributed by atoms with Gasteiger partial charge in [0, 0.05) is 12.6 Å². The monoisotopic (exact) mass is 218 g/mol. The fourth-order valence-electron chi connectivity index (χ4n) is 2.73. The number of rotatable bonds is 1. The van der Waals surface area contributed by atoms with Crippen molar-refractivity contribution in [1.82, 2.24) is 0 Å². The standard InChI is InChI=1S/C14H22N2/c1-10-7-5-9-16(12(10)3)14-11(2)6-4-8-13(14)15/h4,6,8,10,12H,5,7,9,15H2,1-3H3. The topological polar surface area (TPSA) is 29.3 Å². The first kappa shape index (κ1) is 11.3. The van der Waals surface area contributed by atoms with Crippen molar-refractivity contribution in [2.45, 2.75) is 39.7 Å². The first-order valence-corrected chi connectivity index (χ1v) is 6.23. The minimum Gasteiger partial charge on any atom is -0.397 e. The van der Waals surface area contributed by atoms with Crippen LogP contribution in [0.25, 0.3) is 0 Å². The molecule has 1 aliphatic heterocycles. The Bertz CT molecular complexity index is 353. The second-order valence-corrected chi connectivity index (χ2v) is 5.07. The third kappa shape index (κ3) is 1.89. The third-order valence-electron chi connectivity index (χ3n) is 3.93. The number of anilines is 2. The molecule has 16 heavy (non-hydrogen) atoms. The van der Waals surface area contributed by atoms with Crippen molar-refractivity contribution >= 4 is 11.4 Å². The predicted molar refractivity (Wildman–Crippen MR) is 70.8 cm³/mol. The SMILES string of the molecule is Cc1cccc(N)c1N1CCCC(C)C1C. The molecule has 2 nitrogen and oxygen atoms in total. The number of para-hydroxylation sites is 1. The quantitative estimate of drug-likeness (QED) is 0.733. The van der Waals surface area contributed by atoms with E-state index in [9.17, 15) is 0 Å². The lowest BCUT2D eigenvalue weighted by Gasteiger charge is -2.41. The molecule has 2 rings (SSSR count). The Morgan fingerprint density at radius 1 is 1.31 bits per heavy atom. The summed E-state index contributed by atoms with van der Waals surface area (Å²) < 4.78 is 0. The second-order valence-electron chi connectivity index (χ2n) is 5.07. The van der Waals surface area contributed by atoms with Crippen LogP contribution in [0, 0.1) is 12.8 Å². The van der Waals surface area contributed by atoms with Gasteiger partial charge in [-0.1, -0.05) is 19.1 Å². The summed E-state index contributed by atoms with van der Waals surface area (Å²) in [6.07, 6.45) is 2.61. The molecule has 0 aromatic heterocycles. The minimum absolute atomic E-state index is 0.595. The molecule has 2 atom stereocenters. The number of benzene rings is 1. The van der Waals surface area contributed by atoms with E-state index >= 15 is 0 Å². The molecule has 0 radical (unpaired) electrons. The van der Waals surface area contributed by atoms with Crippen LogP contribution in [0.2, 0.25) is 0 Å². The Kier molecular flexibility index (Phi) is 3.08. The summed E-state index contributed by atoms with van der Waals surface area (Å²) in [5, 5.41) is 0. The Morgan fingerprint density at radius 2 is 2.06 bits per heavy atom. The largest absolute Gasteiger partial charge is 0.397 e. The Balaban J connectivity index is 2.36. The molecule has 1 aliphatic rings. The van der Waals surface area contributed by atoms with E-state index in [1.165, 1.54) is 24.1 Å². The molecule has 1 saturated heterocycles. The van der Waals surface area contributed by atoms with Crippen LogP contribution in [-0.4, -0.2) is 12.6 Å². The fourth-order valence-corrected chi connectivity index (χ4v) is 2.73. The smallest absolute Gasteiger partial charge is 0.0632 e. The fraction of sp³-hybridized carbons (Fsp3) is 0.571. The van der Waals surface area contributed by atoms with Crippen LogP contribution < -0.4 is 10.6 Å². The molecule has 0 saturated carbocycles. The molecule has 0 aliphatic carbocycles. The Labute approximate surface area is 98.4 Å². The highest BCUT2D eigenvalue weighted by atomic mass is 15.2. The molecular formula is C14H22N2. The Hall–Kier alpha value is -1.18. The number of nitrogens with zero attached hydrogens (tertiary/aromatic N) is 1. The zero-order valence-electron chi connectivity index (χ0n) is 10.5. The highest BCUT2D eigenvalue weighted by Gasteiger charge is 2.26. The van der Waals surface area contributed by atoms with Gasteiger partial charge in [0.15, 0.2) is 0 Å². The van der Waals surface area contributed by atoms with Crippen LogP contribution in [0.15, 0.2) is 18.2 Å². The molecule has 1 aromatic rings. The minimum atomic E-state index is 0.595. The number of aryl methyl sites for hydroxylation is 1. The van der Waals surface area contributed by atoms with Crippen LogP contribution in [0.3, 0.4) is 0 Å². The van der Waals surface area contributed by atoms with Crippen LogP contribution in [0.5, 0.6) is 0 Å². The molecular weight excluding hydrogens is 196 g/mol. The third-order valence-corrected chi connectivity index (χ3v) is 3.93. The first-order chi connectivity index (χ1) is 7.61. The van der Waals surface area contributed by atoms with Crippen molar-refractivity contribution < 1.29 is 0 Å². The van der Waals surface area contributed by atoms with E-state index in [1.807, 2.05) is 12.1 Å². The summed E-state index contributed by atoms with van der Waals surface area (Å²) in [7, 11) is 0. The van der Waals surface area contributed by atoms with Gasteiger partial charge in [-0.3, -0.25) is 0 Å². The van der Waals surface area contributed by atoms with Crippen LogP contribution in [0.4, 0.5) is 11.4 Å². The zero-order chi connectivity index (χ0) is 11.7. The molecule has 0 bridgehead atoms. The van der Waals surface area contributed by atoms with Crippen molar-refractivity contribution in [2.75, 3.05) is 17.2 Å². The maximum Gasteiger partial charge on any atom is 0.0632 e. The predicted octanol–water partition coefficient (Wildman–Crippen LogP) is 3.20. The van der Waals surface area contributed by atoms with Gasteiger partial charge in [-0.25, -0.2) is 0 Å². The maximum atomic E-state index is 6.12. The summed E-state index contributed by atoms with van der Waals surface area (Å²) >= 11 is 0. The lowest BCUT2D eigenvalue weighted by Crippen LogP contribution is -2.43. The number of piperidine rings is 1. The number of hydrogen-bond acceptors (Lipinski definition) is 2. The van der Waals surface area contributed by atoms with Gasteiger partial charge in [-0.2, -0.15) is 0 Å². The van der Waals surface area contributed by atoms with E-state index in [0.29, 0.717) is 6.04 Å². The lowest BCUT2D eigenvalue weighted by atomic mass is 9.91. The summed E-state index contributed by atoms with van der Waals surface area (Å²) in [5.41, 5.74) is 9.58. The molecule has 0 spiro atoms. The van der Waals surface area contributed by atoms with Crippen molar-refractivity contribution in [3.8, 4) is 0 Å². The van der Waals surface area contributed by atoms with Gasteiger partial charge in [-0.05, 0) is 44.2 Å². The van der Waals surface area contributed by atoms with Crippen molar-refractivity contribution in [3.05, 3.63) is 23.8 Å². The zero-order valence-corrected chi connectivity index (χ0v) is 10.5. The summed E-state index contributed by atoms with van der Waals surface area (Å²) in [5.74, 6) is 0.757. The molecule has 1 fully saturated rings. The van der Waals surface area contributed by atoms with Gasteiger partial charge in [0.2, 0.25) is 0 Å². The van der Waals surface area contributed by atoms with Gasteiger partial charge in [0.1, 0.15) is 0 Å². The van der Waals surface area contributed by atoms with Gasteiger partial charge in [0.25, 0.3) is 0 Å². The van der Waals surface area contributed by atoms with E-state index in [2.05, 4.69) is 31.7 Å². The molecule has 2 N–H and O–H groups in total. The van der Waals surface area contributed by atoms with Crippen LogP contribution in [0.1, 0.15) is 32.3 Å². The number of nitrogen functional groups attached to an aromatic ring is 1. The Morgan fingerprint density at radius 3 is 2.75 bits per heavy atom. The highest BCUT2D eigenvalue weighted by molar-refractivity contribution is 5.71. The van der Waals surface area contributed by atoms with Gasteiger partial charge in [0.05, 0.1) is 11.4 Å². The molecule has 2 heteroatoms. The second kappa shape index (κ2) is 4.36. The van der Waals surface area contributed by atoms with Crippen LogP contribution >= 0.6 is 0 Å². The van der Waals surface area contributed by atoms with E-state index in [1.54, 1.807) is 0 Å². The van der Waals surface area contributed by atoms with Crippen LogP contribution in [-0.2, 0) is 0 Å². The van der Waals surface area contributed by atoms with E-state index in [4.69, 9.17) is 5.73 Å². The average Bonchev–Trinajstić information content (AvgIpc) is 2.24. The molecule has 1 heterocycles. The summed E-state index contributed by atoms with van der Waals surface area (Å²) in [6.45, 7) is 7.94. The summed E-state index contributed by atoms with van der Waals surface area (Å²) in [4.78, 5) is 2.48. The van der Waals surface area contributed by atoms with Gasteiger partial charge in [-0.15, -0.1) is 0 Å². The lowest BCUT2D eigenvalue weighted by molar-refractivity contribution is 0.363. The molecule has 2 unspecified atom stereocenters. The van der Waals surface area contributed by atoms with Gasteiger partial charge < -0.3 is 10.6 Å². The number of nitrogens with two attached hydrogens (primary N) is 1. The van der Waals surface area contributed by atoms with Crippen molar-refractivity contribution in [1.29, 1.82) is 0 Å². The van der Waals surface area contributed by atoms with E-state index in [0.717, 1.165) is 18.2 Å². The normalized spacial score (nSPS) is 25.8. The van der Waals surface area contributed by atoms with Crippen molar-refractivity contribution in [3.63, 3.8) is 0 Å². The first-order valence-electron chi connectivity index (χ1n) is 6.23. The molecule has 88 valence electrons. The van der Waals surface area contributed by atoms with E-state index < -0.39 is 0 Å². The van der Waals surface area contributed by atoms with E-state index in [-0.39, 0.29) is 0 Å². The maximum absolute atomic E-state index is 6.12. The molecule has 0 amide bonds.